The van der Waals surface area contributed by atoms with Crippen molar-refractivity contribution in [3.63, 3.8) is 0 Å². The zero-order valence-corrected chi connectivity index (χ0v) is 17.1. The van der Waals surface area contributed by atoms with Crippen molar-refractivity contribution in [1.29, 1.82) is 0 Å². The fourth-order valence-electron chi connectivity index (χ4n) is 3.90. The molecule has 28 heavy (non-hydrogen) atoms. The number of carbonyl (C=O) groups excluding carboxylic acids is 1. The molecule has 5 heteroatoms. The molecule has 3 nitrogen and oxygen atoms in total. The fraction of sp³-hybridized carbons (Fsp3) is 0.391. The van der Waals surface area contributed by atoms with Gasteiger partial charge in [0, 0.05) is 30.3 Å². The minimum absolute atomic E-state index is 0.0246. The number of rotatable bonds is 4. The first-order valence-electron chi connectivity index (χ1n) is 9.31. The average Bonchev–Trinajstić information content (AvgIpc) is 2.94. The molecule has 0 fully saturated rings. The summed E-state index contributed by atoms with van der Waals surface area (Å²) in [5.74, 6) is -3.25. The highest BCUT2D eigenvalue weighted by molar-refractivity contribution is 5.91. The molecule has 148 valence electrons. The summed E-state index contributed by atoms with van der Waals surface area (Å²) in [6, 6.07) is 3.19. The molecule has 1 aliphatic carbocycles. The van der Waals surface area contributed by atoms with Gasteiger partial charge in [0.15, 0.2) is 0 Å². The van der Waals surface area contributed by atoms with Crippen molar-refractivity contribution < 1.29 is 18.3 Å². The van der Waals surface area contributed by atoms with Crippen LogP contribution >= 0.6 is 0 Å². The topological polar surface area (TPSA) is 39.2 Å². The first-order valence-corrected chi connectivity index (χ1v) is 9.31. The Labute approximate surface area is 164 Å². The van der Waals surface area contributed by atoms with Gasteiger partial charge >= 0.3 is 5.97 Å². The summed E-state index contributed by atoms with van der Waals surface area (Å²) >= 11 is 0. The molecule has 0 spiro atoms. The number of aromatic nitrogens is 1. The molecule has 2 aromatic rings. The van der Waals surface area contributed by atoms with Crippen LogP contribution in [0.4, 0.5) is 8.78 Å². The van der Waals surface area contributed by atoms with Gasteiger partial charge in [0.2, 0.25) is 0 Å². The highest BCUT2D eigenvalue weighted by Gasteiger charge is 2.30. The van der Waals surface area contributed by atoms with Crippen LogP contribution in [-0.4, -0.2) is 18.1 Å². The number of hydrogen-bond acceptors (Lipinski definition) is 3. The van der Waals surface area contributed by atoms with Crippen LogP contribution in [0.3, 0.4) is 0 Å². The van der Waals surface area contributed by atoms with E-state index in [0.717, 1.165) is 46.0 Å². The Morgan fingerprint density at radius 1 is 1.25 bits per heavy atom. The number of hydrogen-bond donors (Lipinski definition) is 0. The lowest BCUT2D eigenvalue weighted by Crippen LogP contribution is -2.11. The molecule has 1 unspecified atom stereocenters. The number of halogens is 2. The van der Waals surface area contributed by atoms with Gasteiger partial charge in [-0.1, -0.05) is 18.6 Å². The molecule has 0 saturated heterocycles. The predicted octanol–water partition coefficient (Wildman–Crippen LogP) is 5.65. The molecule has 0 bridgehead atoms. The van der Waals surface area contributed by atoms with Gasteiger partial charge in [0.1, 0.15) is 0 Å². The summed E-state index contributed by atoms with van der Waals surface area (Å²) < 4.78 is 32.6. The number of esters is 1. The van der Waals surface area contributed by atoms with Gasteiger partial charge < -0.3 is 4.74 Å². The van der Waals surface area contributed by atoms with E-state index in [1.54, 1.807) is 18.3 Å². The molecule has 0 amide bonds. The van der Waals surface area contributed by atoms with E-state index < -0.39 is 11.9 Å². The molecule has 1 aromatic carbocycles. The molecule has 0 aliphatic heterocycles. The summed E-state index contributed by atoms with van der Waals surface area (Å²) in [5.41, 5.74) is 7.11. The number of pyridine rings is 1. The number of benzene rings is 1. The fourth-order valence-corrected chi connectivity index (χ4v) is 3.90. The Bertz CT molecular complexity index is 987. The largest absolute Gasteiger partial charge is 0.465 e. The van der Waals surface area contributed by atoms with Gasteiger partial charge in [-0.25, -0.2) is 13.6 Å². The SMILES string of the molecule is COC(=O)c1cnc(C)c(CC2=Cc3c(C)cc(C(C)(F)F)cc3C2C)c1C. The number of allylic oxidation sites excluding steroid dienone is 1. The van der Waals surface area contributed by atoms with Gasteiger partial charge in [-0.2, -0.15) is 0 Å². The Morgan fingerprint density at radius 2 is 1.93 bits per heavy atom. The number of alkyl halides is 2. The van der Waals surface area contributed by atoms with Crippen LogP contribution in [0.2, 0.25) is 0 Å². The zero-order valence-electron chi connectivity index (χ0n) is 17.1. The second-order valence-electron chi connectivity index (χ2n) is 7.65. The van der Waals surface area contributed by atoms with E-state index in [0.29, 0.717) is 12.0 Å². The van der Waals surface area contributed by atoms with Gasteiger partial charge in [-0.15, -0.1) is 0 Å². The lowest BCUT2D eigenvalue weighted by atomic mass is 9.89. The third kappa shape index (κ3) is 3.46. The van der Waals surface area contributed by atoms with E-state index in [4.69, 9.17) is 4.74 Å². The molecule has 1 aromatic heterocycles. The van der Waals surface area contributed by atoms with Crippen molar-refractivity contribution in [2.24, 2.45) is 0 Å². The summed E-state index contributed by atoms with van der Waals surface area (Å²) in [6.07, 6.45) is 4.25. The van der Waals surface area contributed by atoms with Crippen LogP contribution in [0.1, 0.15) is 69.2 Å². The first-order chi connectivity index (χ1) is 13.0. The van der Waals surface area contributed by atoms with Crippen molar-refractivity contribution in [2.45, 2.75) is 52.9 Å². The van der Waals surface area contributed by atoms with Crippen molar-refractivity contribution in [2.75, 3.05) is 7.11 Å². The Kier molecular flexibility index (Phi) is 5.13. The maximum atomic E-state index is 13.9. The van der Waals surface area contributed by atoms with Crippen molar-refractivity contribution in [1.82, 2.24) is 4.98 Å². The van der Waals surface area contributed by atoms with E-state index in [1.807, 2.05) is 27.7 Å². The van der Waals surface area contributed by atoms with E-state index in [2.05, 4.69) is 11.1 Å². The average molecular weight is 385 g/mol. The van der Waals surface area contributed by atoms with Gasteiger partial charge in [0.05, 0.1) is 12.7 Å². The van der Waals surface area contributed by atoms with Crippen molar-refractivity contribution >= 4 is 12.0 Å². The Morgan fingerprint density at radius 3 is 2.54 bits per heavy atom. The highest BCUT2D eigenvalue weighted by Crippen LogP contribution is 2.42. The van der Waals surface area contributed by atoms with Crippen molar-refractivity contribution in [3.8, 4) is 0 Å². The molecule has 0 radical (unpaired) electrons. The van der Waals surface area contributed by atoms with Gasteiger partial charge in [-0.05, 0) is 67.1 Å². The van der Waals surface area contributed by atoms with Crippen LogP contribution in [0.15, 0.2) is 23.9 Å². The standard InChI is InChI=1S/C23H25F2NO2/c1-12-7-17(23(5,24)25)10-20-13(2)16(8-18(12)20)9-19-14(3)21(22(27)28-6)11-26-15(19)4/h7-8,10-11,13H,9H2,1-6H3. The van der Waals surface area contributed by atoms with Crippen LogP contribution in [0.25, 0.3) is 6.08 Å². The summed E-state index contributed by atoms with van der Waals surface area (Å²) in [7, 11) is 1.35. The van der Waals surface area contributed by atoms with Crippen LogP contribution in [0, 0.1) is 20.8 Å². The lowest BCUT2D eigenvalue weighted by molar-refractivity contribution is 0.0173. The molecule has 1 atom stereocenters. The normalized spacial score (nSPS) is 16.0. The number of fused-ring (bicyclic) bond motifs is 1. The van der Waals surface area contributed by atoms with Crippen LogP contribution < -0.4 is 0 Å². The highest BCUT2D eigenvalue weighted by atomic mass is 19.3. The maximum Gasteiger partial charge on any atom is 0.339 e. The molecule has 0 N–H and O–H groups in total. The number of methoxy groups -OCH3 is 1. The first kappa shape index (κ1) is 20.2. The third-order valence-corrected chi connectivity index (χ3v) is 5.75. The number of nitrogens with zero attached hydrogens (tertiary/aromatic N) is 1. The number of carbonyl (C=O) groups is 1. The molecular weight excluding hydrogens is 360 g/mol. The van der Waals surface area contributed by atoms with E-state index in [-0.39, 0.29) is 11.5 Å². The monoisotopic (exact) mass is 385 g/mol. The van der Waals surface area contributed by atoms with Gasteiger partial charge in [0.25, 0.3) is 5.92 Å². The second-order valence-corrected chi connectivity index (χ2v) is 7.65. The van der Waals surface area contributed by atoms with E-state index in [1.165, 1.54) is 7.11 Å². The predicted molar refractivity (Wildman–Crippen MR) is 106 cm³/mol. The van der Waals surface area contributed by atoms with Gasteiger partial charge in [-0.3, -0.25) is 4.98 Å². The number of ether oxygens (including phenoxy) is 1. The Balaban J connectivity index is 2.00. The lowest BCUT2D eigenvalue weighted by Gasteiger charge is -2.18. The quantitative estimate of drug-likeness (QED) is 0.639. The molecular formula is C23H25F2NO2. The third-order valence-electron chi connectivity index (χ3n) is 5.75. The smallest absolute Gasteiger partial charge is 0.339 e. The van der Waals surface area contributed by atoms with E-state index >= 15 is 0 Å². The van der Waals surface area contributed by atoms with Crippen LogP contribution in [-0.2, 0) is 17.1 Å². The summed E-state index contributed by atoms with van der Waals surface area (Å²) in [4.78, 5) is 16.4. The van der Waals surface area contributed by atoms with E-state index in [9.17, 15) is 13.6 Å². The molecule has 1 aliphatic rings. The zero-order chi connectivity index (χ0) is 20.8. The summed E-state index contributed by atoms with van der Waals surface area (Å²) in [6.45, 7) is 8.65. The maximum absolute atomic E-state index is 13.9. The minimum Gasteiger partial charge on any atom is -0.465 e. The number of aryl methyl sites for hydroxylation is 2. The summed E-state index contributed by atoms with van der Waals surface area (Å²) in [5, 5.41) is 0. The molecule has 1 heterocycles. The Hall–Kier alpha value is -2.56. The second kappa shape index (κ2) is 7.12. The van der Waals surface area contributed by atoms with Crippen LogP contribution in [0.5, 0.6) is 0 Å². The van der Waals surface area contributed by atoms with Crippen molar-refractivity contribution in [3.05, 3.63) is 68.5 Å². The molecule has 3 rings (SSSR count). The molecule has 0 saturated carbocycles. The minimum atomic E-state index is -2.87.